The van der Waals surface area contributed by atoms with Gasteiger partial charge in [0.05, 0.1) is 22.7 Å². The molecule has 3 amide bonds. The summed E-state index contributed by atoms with van der Waals surface area (Å²) in [6.45, 7) is 0. The molecule has 2 rings (SSSR count). The van der Waals surface area contributed by atoms with Gasteiger partial charge in [-0.15, -0.1) is 0 Å². The zero-order chi connectivity index (χ0) is 16.1. The summed E-state index contributed by atoms with van der Waals surface area (Å²) in [6, 6.07) is 10.5. The van der Waals surface area contributed by atoms with Crippen LogP contribution in [0.2, 0.25) is 10.0 Å². The number of halogens is 2. The molecule has 0 bridgehead atoms. The lowest BCUT2D eigenvalue weighted by atomic mass is 10.2. The number of para-hydroxylation sites is 1. The largest absolute Gasteiger partial charge is 0.496 e. The summed E-state index contributed by atoms with van der Waals surface area (Å²) < 4.78 is 5.07. The molecule has 2 aromatic rings. The number of hydrogen-bond acceptors (Lipinski definition) is 3. The number of hydrogen-bond donors (Lipinski definition) is 2. The summed E-state index contributed by atoms with van der Waals surface area (Å²) in [5.41, 5.74) is 0.675. The molecule has 0 spiro atoms. The van der Waals surface area contributed by atoms with Crippen molar-refractivity contribution in [3.05, 3.63) is 58.1 Å². The number of methoxy groups -OCH3 is 1. The second-order valence-electron chi connectivity index (χ2n) is 4.24. The van der Waals surface area contributed by atoms with Crippen LogP contribution in [-0.2, 0) is 0 Å². The molecule has 0 aliphatic heterocycles. The maximum atomic E-state index is 12.0. The van der Waals surface area contributed by atoms with E-state index in [1.807, 2.05) is 0 Å². The molecule has 0 saturated heterocycles. The normalized spacial score (nSPS) is 9.95. The molecule has 0 aromatic heterocycles. The van der Waals surface area contributed by atoms with E-state index in [2.05, 4.69) is 10.6 Å². The standard InChI is InChI=1S/C15H12Cl2N2O3/c1-22-13-5-3-2-4-10(13)14(20)19-15(21)18-9-6-7-11(16)12(17)8-9/h2-8H,1H3,(H2,18,19,20,21). The Kier molecular flexibility index (Phi) is 5.25. The third-order valence-corrected chi connectivity index (χ3v) is 3.50. The first-order valence-corrected chi connectivity index (χ1v) is 6.97. The van der Waals surface area contributed by atoms with Crippen LogP contribution >= 0.6 is 23.2 Å². The Bertz CT molecular complexity index is 720. The van der Waals surface area contributed by atoms with Crippen molar-refractivity contribution in [3.8, 4) is 5.75 Å². The Hall–Kier alpha value is -2.24. The molecule has 114 valence electrons. The number of carbonyl (C=O) groups is 2. The summed E-state index contributed by atoms with van der Waals surface area (Å²) >= 11 is 11.6. The fourth-order valence-corrected chi connectivity index (χ4v) is 2.04. The second kappa shape index (κ2) is 7.15. The van der Waals surface area contributed by atoms with Gasteiger partial charge in [-0.3, -0.25) is 10.1 Å². The van der Waals surface area contributed by atoms with Crippen molar-refractivity contribution >= 4 is 40.8 Å². The smallest absolute Gasteiger partial charge is 0.326 e. The van der Waals surface area contributed by atoms with Gasteiger partial charge >= 0.3 is 6.03 Å². The van der Waals surface area contributed by atoms with E-state index in [0.717, 1.165) is 0 Å². The SMILES string of the molecule is COc1ccccc1C(=O)NC(=O)Nc1ccc(Cl)c(Cl)c1. The quantitative estimate of drug-likeness (QED) is 0.889. The third kappa shape index (κ3) is 3.90. The van der Waals surface area contributed by atoms with E-state index < -0.39 is 11.9 Å². The first-order valence-electron chi connectivity index (χ1n) is 6.21. The van der Waals surface area contributed by atoms with Gasteiger partial charge in [0, 0.05) is 5.69 Å². The summed E-state index contributed by atoms with van der Waals surface area (Å²) in [7, 11) is 1.45. The molecular weight excluding hydrogens is 327 g/mol. The van der Waals surface area contributed by atoms with E-state index in [0.29, 0.717) is 21.5 Å². The maximum absolute atomic E-state index is 12.0. The molecule has 0 radical (unpaired) electrons. The predicted molar refractivity (Wildman–Crippen MR) is 85.9 cm³/mol. The number of urea groups is 1. The van der Waals surface area contributed by atoms with Gasteiger partial charge in [0.15, 0.2) is 0 Å². The van der Waals surface area contributed by atoms with Gasteiger partial charge in [0.25, 0.3) is 5.91 Å². The highest BCUT2D eigenvalue weighted by Gasteiger charge is 2.14. The van der Waals surface area contributed by atoms with Crippen LogP contribution < -0.4 is 15.4 Å². The number of rotatable bonds is 3. The van der Waals surface area contributed by atoms with Crippen molar-refractivity contribution in [2.45, 2.75) is 0 Å². The summed E-state index contributed by atoms with van der Waals surface area (Å²) in [6.07, 6.45) is 0. The van der Waals surface area contributed by atoms with Gasteiger partial charge in [-0.1, -0.05) is 35.3 Å². The van der Waals surface area contributed by atoms with E-state index in [-0.39, 0.29) is 5.56 Å². The van der Waals surface area contributed by atoms with E-state index in [1.54, 1.807) is 36.4 Å². The lowest BCUT2D eigenvalue weighted by molar-refractivity contribution is 0.0964. The van der Waals surface area contributed by atoms with Crippen molar-refractivity contribution < 1.29 is 14.3 Å². The van der Waals surface area contributed by atoms with Crippen LogP contribution in [0.4, 0.5) is 10.5 Å². The zero-order valence-corrected chi connectivity index (χ0v) is 13.0. The molecule has 0 heterocycles. The highest BCUT2D eigenvalue weighted by atomic mass is 35.5. The second-order valence-corrected chi connectivity index (χ2v) is 5.05. The summed E-state index contributed by atoms with van der Waals surface area (Å²) in [5, 5.41) is 5.38. The van der Waals surface area contributed by atoms with Gasteiger partial charge in [0.1, 0.15) is 5.75 Å². The van der Waals surface area contributed by atoms with Crippen LogP contribution in [0.1, 0.15) is 10.4 Å². The Morgan fingerprint density at radius 2 is 1.77 bits per heavy atom. The lowest BCUT2D eigenvalue weighted by Gasteiger charge is -2.09. The van der Waals surface area contributed by atoms with Crippen LogP contribution in [0.25, 0.3) is 0 Å². The summed E-state index contributed by atoms with van der Waals surface area (Å²) in [5.74, 6) is -0.197. The first-order chi connectivity index (χ1) is 10.5. The van der Waals surface area contributed by atoms with Crippen LogP contribution in [0.5, 0.6) is 5.75 Å². The van der Waals surface area contributed by atoms with E-state index >= 15 is 0 Å². The number of ether oxygens (including phenoxy) is 1. The van der Waals surface area contributed by atoms with Crippen LogP contribution in [0.3, 0.4) is 0 Å². The minimum atomic E-state index is -0.686. The highest BCUT2D eigenvalue weighted by molar-refractivity contribution is 6.42. The minimum absolute atomic E-state index is 0.259. The number of anilines is 1. The average Bonchev–Trinajstić information content (AvgIpc) is 2.50. The van der Waals surface area contributed by atoms with Crippen LogP contribution in [0, 0.1) is 0 Å². The minimum Gasteiger partial charge on any atom is -0.496 e. The van der Waals surface area contributed by atoms with Crippen molar-refractivity contribution in [3.63, 3.8) is 0 Å². The topological polar surface area (TPSA) is 67.4 Å². The number of amides is 3. The number of benzene rings is 2. The van der Waals surface area contributed by atoms with Gasteiger partial charge in [0.2, 0.25) is 0 Å². The van der Waals surface area contributed by atoms with Crippen molar-refractivity contribution in [1.82, 2.24) is 5.32 Å². The van der Waals surface area contributed by atoms with Crippen molar-refractivity contribution in [2.75, 3.05) is 12.4 Å². The van der Waals surface area contributed by atoms with Crippen LogP contribution in [0.15, 0.2) is 42.5 Å². The molecule has 0 unspecified atom stereocenters. The molecule has 0 atom stereocenters. The molecule has 0 fully saturated rings. The van der Waals surface area contributed by atoms with Gasteiger partial charge < -0.3 is 10.1 Å². The molecule has 2 N–H and O–H groups in total. The fourth-order valence-electron chi connectivity index (χ4n) is 1.74. The molecule has 0 aliphatic carbocycles. The number of nitrogens with one attached hydrogen (secondary N) is 2. The average molecular weight is 339 g/mol. The molecule has 22 heavy (non-hydrogen) atoms. The summed E-state index contributed by atoms with van der Waals surface area (Å²) in [4.78, 5) is 23.9. The Balaban J connectivity index is 2.05. The Morgan fingerprint density at radius 1 is 1.05 bits per heavy atom. The Labute approximate surface area is 137 Å². The number of carbonyl (C=O) groups excluding carboxylic acids is 2. The number of imide groups is 1. The first kappa shape index (κ1) is 16.1. The van der Waals surface area contributed by atoms with Gasteiger partial charge in [-0.2, -0.15) is 0 Å². The predicted octanol–water partition coefficient (Wildman–Crippen LogP) is 3.96. The van der Waals surface area contributed by atoms with Gasteiger partial charge in [-0.05, 0) is 30.3 Å². The molecule has 0 saturated carbocycles. The van der Waals surface area contributed by atoms with Gasteiger partial charge in [-0.25, -0.2) is 4.79 Å². The maximum Gasteiger partial charge on any atom is 0.326 e. The molecular formula is C15H12Cl2N2O3. The third-order valence-electron chi connectivity index (χ3n) is 2.76. The molecule has 5 nitrogen and oxygen atoms in total. The van der Waals surface area contributed by atoms with Crippen molar-refractivity contribution in [2.24, 2.45) is 0 Å². The van der Waals surface area contributed by atoms with E-state index in [1.165, 1.54) is 13.2 Å². The van der Waals surface area contributed by atoms with Crippen LogP contribution in [-0.4, -0.2) is 19.0 Å². The monoisotopic (exact) mass is 338 g/mol. The van der Waals surface area contributed by atoms with Crippen molar-refractivity contribution in [1.29, 1.82) is 0 Å². The zero-order valence-electron chi connectivity index (χ0n) is 11.5. The van der Waals surface area contributed by atoms with E-state index in [9.17, 15) is 9.59 Å². The molecule has 2 aromatic carbocycles. The fraction of sp³-hybridized carbons (Fsp3) is 0.0667. The highest BCUT2D eigenvalue weighted by Crippen LogP contribution is 2.25. The molecule has 0 aliphatic rings. The molecule has 7 heteroatoms. The van der Waals surface area contributed by atoms with E-state index in [4.69, 9.17) is 27.9 Å². The Morgan fingerprint density at radius 3 is 2.45 bits per heavy atom. The lowest BCUT2D eigenvalue weighted by Crippen LogP contribution is -2.34.